The molecule has 8 nitrogen and oxygen atoms in total. The maximum atomic E-state index is 12.0. The molecule has 0 saturated heterocycles. The topological polar surface area (TPSA) is 102 Å². The van der Waals surface area contributed by atoms with Crippen LogP contribution in [0.1, 0.15) is 122 Å². The van der Waals surface area contributed by atoms with Gasteiger partial charge in [0.2, 0.25) is 0 Å². The summed E-state index contributed by atoms with van der Waals surface area (Å²) in [5.74, 6) is -0.428. The number of esters is 1. The summed E-state index contributed by atoms with van der Waals surface area (Å²) in [6, 6.07) is 0. The molecule has 0 spiro atoms. The largest absolute Gasteiger partial charge is 0.472 e. The van der Waals surface area contributed by atoms with Gasteiger partial charge in [0.25, 0.3) is 0 Å². The first-order valence-electron chi connectivity index (χ1n) is 14.8. The van der Waals surface area contributed by atoms with E-state index in [1.165, 1.54) is 89.9 Å². The predicted molar refractivity (Wildman–Crippen MR) is 150 cm³/mol. The highest BCUT2D eigenvalue weighted by atomic mass is 31.2. The van der Waals surface area contributed by atoms with Crippen LogP contribution in [0.15, 0.2) is 0 Å². The third kappa shape index (κ3) is 26.9. The maximum Gasteiger partial charge on any atom is 0.472 e. The summed E-state index contributed by atoms with van der Waals surface area (Å²) >= 11 is 0. The lowest BCUT2D eigenvalue weighted by Gasteiger charge is -2.24. The minimum atomic E-state index is -4.26. The van der Waals surface area contributed by atoms with E-state index in [9.17, 15) is 19.4 Å². The number of hydrogen-bond acceptors (Lipinski definition) is 6. The van der Waals surface area contributed by atoms with Crippen molar-refractivity contribution in [1.82, 2.24) is 0 Å². The molecule has 0 aromatic heterocycles. The fourth-order valence-corrected chi connectivity index (χ4v) is 4.75. The Morgan fingerprint density at radius 1 is 0.757 bits per heavy atom. The Morgan fingerprint density at radius 2 is 1.19 bits per heavy atom. The van der Waals surface area contributed by atoms with Gasteiger partial charge in [0.1, 0.15) is 19.3 Å². The Kier molecular flexibility index (Phi) is 23.1. The van der Waals surface area contributed by atoms with Crippen LogP contribution in [0.2, 0.25) is 0 Å². The second-order valence-corrected chi connectivity index (χ2v) is 12.8. The van der Waals surface area contributed by atoms with Crippen LogP contribution >= 0.6 is 7.82 Å². The summed E-state index contributed by atoms with van der Waals surface area (Å²) in [4.78, 5) is 21.8. The summed E-state index contributed by atoms with van der Waals surface area (Å²) in [5, 5.41) is 9.40. The molecule has 0 aliphatic rings. The van der Waals surface area contributed by atoms with E-state index in [0.29, 0.717) is 11.0 Å². The monoisotopic (exact) mass is 552 g/mol. The minimum absolute atomic E-state index is 0.0557. The van der Waals surface area contributed by atoms with Crippen LogP contribution in [0, 0.1) is 0 Å². The molecule has 0 saturated carbocycles. The number of phosphoric acid groups is 1. The molecule has 222 valence electrons. The fraction of sp³-hybridized carbons (Fsp3) is 0.964. The fourth-order valence-electron chi connectivity index (χ4n) is 4.01. The molecule has 0 aromatic rings. The number of phosphoric ester groups is 1. The van der Waals surface area contributed by atoms with E-state index < -0.39 is 26.5 Å². The molecule has 0 bridgehead atoms. The number of carbonyl (C=O) groups is 1. The minimum Gasteiger partial charge on any atom is -0.457 e. The molecule has 2 N–H and O–H groups in total. The number of aliphatic hydroxyl groups excluding tert-OH is 1. The number of hydrogen-bond donors (Lipinski definition) is 2. The lowest BCUT2D eigenvalue weighted by Crippen LogP contribution is -2.37. The van der Waals surface area contributed by atoms with Crippen molar-refractivity contribution >= 4 is 13.8 Å². The molecule has 0 aliphatic carbocycles. The van der Waals surface area contributed by atoms with E-state index in [1.807, 2.05) is 21.1 Å². The van der Waals surface area contributed by atoms with E-state index >= 15 is 0 Å². The van der Waals surface area contributed by atoms with Crippen LogP contribution in [0.3, 0.4) is 0 Å². The molecule has 37 heavy (non-hydrogen) atoms. The van der Waals surface area contributed by atoms with E-state index in [-0.39, 0.29) is 19.6 Å². The van der Waals surface area contributed by atoms with Crippen molar-refractivity contribution in [2.24, 2.45) is 0 Å². The molecule has 0 aromatic carbocycles. The van der Waals surface area contributed by atoms with Gasteiger partial charge in [-0.3, -0.25) is 13.8 Å². The van der Waals surface area contributed by atoms with Crippen LogP contribution in [0.25, 0.3) is 0 Å². The first-order chi connectivity index (χ1) is 17.6. The number of aliphatic hydroxyl groups is 1. The van der Waals surface area contributed by atoms with Crippen molar-refractivity contribution in [2.45, 2.75) is 129 Å². The number of ether oxygens (including phenoxy) is 1. The molecule has 0 aliphatic heterocycles. The van der Waals surface area contributed by atoms with Crippen molar-refractivity contribution in [1.29, 1.82) is 0 Å². The van der Waals surface area contributed by atoms with Crippen LogP contribution in [-0.2, 0) is 23.1 Å². The number of quaternary nitrogens is 1. The van der Waals surface area contributed by atoms with Crippen molar-refractivity contribution in [3.05, 3.63) is 0 Å². The average Bonchev–Trinajstić information content (AvgIpc) is 2.82. The van der Waals surface area contributed by atoms with Gasteiger partial charge in [0, 0.05) is 6.42 Å². The number of unbranched alkanes of at least 4 members (excludes halogenated alkanes) is 16. The van der Waals surface area contributed by atoms with Gasteiger partial charge in [0.05, 0.1) is 34.4 Å². The Hall–Kier alpha value is -0.500. The van der Waals surface area contributed by atoms with Crippen LogP contribution in [-0.4, -0.2) is 74.1 Å². The molecular formula is C28H59NO7P+. The maximum absolute atomic E-state index is 12.0. The van der Waals surface area contributed by atoms with Crippen LogP contribution in [0.4, 0.5) is 0 Å². The van der Waals surface area contributed by atoms with E-state index in [2.05, 4.69) is 6.92 Å². The molecule has 0 rings (SSSR count). The van der Waals surface area contributed by atoms with Gasteiger partial charge < -0.3 is 19.2 Å². The molecule has 0 radical (unpaired) electrons. The molecule has 0 heterocycles. The number of carbonyl (C=O) groups excluding carboxylic acids is 1. The lowest BCUT2D eigenvalue weighted by atomic mass is 10.0. The second-order valence-electron chi connectivity index (χ2n) is 11.3. The van der Waals surface area contributed by atoms with Crippen LogP contribution in [0.5, 0.6) is 0 Å². The van der Waals surface area contributed by atoms with Gasteiger partial charge >= 0.3 is 13.8 Å². The van der Waals surface area contributed by atoms with E-state index in [1.54, 1.807) is 0 Å². The quantitative estimate of drug-likeness (QED) is 0.0502. The number of rotatable bonds is 27. The van der Waals surface area contributed by atoms with Crippen molar-refractivity contribution < 1.29 is 37.6 Å². The predicted octanol–water partition coefficient (Wildman–Crippen LogP) is 6.77. The summed E-state index contributed by atoms with van der Waals surface area (Å²) < 4.78 is 27.5. The van der Waals surface area contributed by atoms with Gasteiger partial charge in [-0.05, 0) is 6.42 Å². The normalized spacial score (nSPS) is 14.4. The number of nitrogens with zero attached hydrogens (tertiary/aromatic N) is 1. The molecular weight excluding hydrogens is 493 g/mol. The standard InChI is InChI=1S/C28H58NO7P/c1-5-6-7-8-9-10-11-12-13-14-15-16-17-18-19-20-21-22-28(31)36-27(25-30)26-35-37(32,33)34-24-23-29(2,3)4/h27,30H,5-26H2,1-4H3/p+1. The van der Waals surface area contributed by atoms with Crippen molar-refractivity contribution in [2.75, 3.05) is 47.5 Å². The van der Waals surface area contributed by atoms with Crippen molar-refractivity contribution in [3.8, 4) is 0 Å². The van der Waals surface area contributed by atoms with Crippen LogP contribution < -0.4 is 0 Å². The molecule has 0 fully saturated rings. The molecule has 2 unspecified atom stereocenters. The zero-order valence-electron chi connectivity index (χ0n) is 24.5. The highest BCUT2D eigenvalue weighted by Crippen LogP contribution is 2.43. The zero-order chi connectivity index (χ0) is 27.8. The van der Waals surface area contributed by atoms with E-state index in [0.717, 1.165) is 19.3 Å². The molecule has 9 heteroatoms. The summed E-state index contributed by atoms with van der Waals surface area (Å²) in [5.41, 5.74) is 0. The van der Waals surface area contributed by atoms with Gasteiger partial charge in [-0.25, -0.2) is 4.57 Å². The Balaban J connectivity index is 3.62. The van der Waals surface area contributed by atoms with Gasteiger partial charge in [-0.15, -0.1) is 0 Å². The lowest BCUT2D eigenvalue weighted by molar-refractivity contribution is -0.870. The van der Waals surface area contributed by atoms with Gasteiger partial charge in [-0.1, -0.05) is 110 Å². The second kappa shape index (κ2) is 23.4. The Morgan fingerprint density at radius 3 is 1.59 bits per heavy atom. The van der Waals surface area contributed by atoms with Gasteiger partial charge in [0.15, 0.2) is 0 Å². The first kappa shape index (κ1) is 36.5. The highest BCUT2D eigenvalue weighted by molar-refractivity contribution is 7.47. The zero-order valence-corrected chi connectivity index (χ0v) is 25.4. The SMILES string of the molecule is CCCCCCCCCCCCCCCCCCCC(=O)OC(CO)COP(=O)(O)OCC[N+](C)(C)C. The van der Waals surface area contributed by atoms with E-state index in [4.69, 9.17) is 13.8 Å². The Bertz CT molecular complexity index is 583. The van der Waals surface area contributed by atoms with Crippen molar-refractivity contribution in [3.63, 3.8) is 0 Å². The van der Waals surface area contributed by atoms with Gasteiger partial charge in [-0.2, -0.15) is 0 Å². The molecule has 0 amide bonds. The first-order valence-corrected chi connectivity index (χ1v) is 16.3. The molecule has 2 atom stereocenters. The Labute approximate surface area is 227 Å². The third-order valence-corrected chi connectivity index (χ3v) is 7.41. The third-order valence-electron chi connectivity index (χ3n) is 6.43. The number of likely N-dealkylation sites (N-methyl/N-ethyl adjacent to an activating group) is 1. The summed E-state index contributed by atoms with van der Waals surface area (Å²) in [6.45, 7) is 1.98. The summed E-state index contributed by atoms with van der Waals surface area (Å²) in [6.07, 6.45) is 21.0. The summed E-state index contributed by atoms with van der Waals surface area (Å²) in [7, 11) is 1.56. The average molecular weight is 553 g/mol. The smallest absolute Gasteiger partial charge is 0.457 e. The highest BCUT2D eigenvalue weighted by Gasteiger charge is 2.25.